The Hall–Kier alpha value is -1.14. The minimum Gasteiger partial charge on any atom is -0.397 e. The molecule has 5 nitrogen and oxygen atoms in total. The van der Waals surface area contributed by atoms with Gasteiger partial charge < -0.3 is 15.8 Å². The monoisotopic (exact) mass is 301 g/mol. The second kappa shape index (κ2) is 5.46. The number of aromatic nitrogens is 1. The van der Waals surface area contributed by atoms with E-state index in [9.17, 15) is 4.79 Å². The number of nitrogens with one attached hydrogen (secondary N) is 1. The zero-order valence-corrected chi connectivity index (χ0v) is 11.7. The number of nitrogen functional groups attached to an aromatic ring is 1. The Morgan fingerprint density at radius 3 is 2.82 bits per heavy atom. The van der Waals surface area contributed by atoms with Crippen LogP contribution >= 0.6 is 15.9 Å². The van der Waals surface area contributed by atoms with Crippen molar-refractivity contribution in [3.8, 4) is 0 Å². The lowest BCUT2D eigenvalue weighted by Crippen LogP contribution is -2.29. The summed E-state index contributed by atoms with van der Waals surface area (Å²) in [5.74, 6) is 0.297. The topological polar surface area (TPSA) is 77.2 Å². The molecule has 0 spiro atoms. The molecule has 0 fully saturated rings. The maximum atomic E-state index is 11.7. The molecular formula is C11H16BrN3O2. The summed E-state index contributed by atoms with van der Waals surface area (Å²) in [6.45, 7) is 3.69. The lowest BCUT2D eigenvalue weighted by molar-refractivity contribution is -0.121. The molecule has 3 N–H and O–H groups in total. The van der Waals surface area contributed by atoms with Crippen LogP contribution in [0.15, 0.2) is 16.7 Å². The molecule has 1 aromatic heterocycles. The molecular weight excluding hydrogens is 286 g/mol. The van der Waals surface area contributed by atoms with Crippen LogP contribution in [0.4, 0.5) is 11.5 Å². The van der Waals surface area contributed by atoms with Gasteiger partial charge >= 0.3 is 0 Å². The van der Waals surface area contributed by atoms with E-state index in [4.69, 9.17) is 10.5 Å². The van der Waals surface area contributed by atoms with Crippen LogP contribution in [0.2, 0.25) is 0 Å². The molecule has 0 saturated heterocycles. The number of ether oxygens (including phenoxy) is 1. The van der Waals surface area contributed by atoms with Gasteiger partial charge in [-0.25, -0.2) is 4.98 Å². The van der Waals surface area contributed by atoms with Crippen molar-refractivity contribution in [2.75, 3.05) is 18.2 Å². The summed E-state index contributed by atoms with van der Waals surface area (Å²) in [4.78, 5) is 15.8. The summed E-state index contributed by atoms with van der Waals surface area (Å²) in [6, 6.07) is 1.68. The van der Waals surface area contributed by atoms with Crippen molar-refractivity contribution in [1.29, 1.82) is 0 Å². The van der Waals surface area contributed by atoms with E-state index in [0.717, 1.165) is 0 Å². The van der Waals surface area contributed by atoms with Gasteiger partial charge in [0.15, 0.2) is 0 Å². The van der Waals surface area contributed by atoms with Gasteiger partial charge in [-0.1, -0.05) is 0 Å². The van der Waals surface area contributed by atoms with Gasteiger partial charge in [-0.3, -0.25) is 4.79 Å². The molecule has 94 valence electrons. The van der Waals surface area contributed by atoms with Crippen LogP contribution in [0.5, 0.6) is 0 Å². The fraction of sp³-hybridized carbons (Fsp3) is 0.455. The number of nitrogens with two attached hydrogens (primary N) is 1. The maximum Gasteiger partial charge on any atom is 0.228 e. The van der Waals surface area contributed by atoms with Crippen LogP contribution in [-0.4, -0.2) is 23.6 Å². The smallest absolute Gasteiger partial charge is 0.228 e. The van der Waals surface area contributed by atoms with Crippen LogP contribution < -0.4 is 11.1 Å². The summed E-state index contributed by atoms with van der Waals surface area (Å²) in [6.07, 6.45) is 1.74. The zero-order valence-electron chi connectivity index (χ0n) is 10.1. The number of amides is 1. The standard InChI is InChI=1S/C11H16BrN3O2/c1-11(2,17-3)5-9(16)15-10-8(12)4-7(13)6-14-10/h4,6H,5,13H2,1-3H3,(H,14,15,16). The van der Waals surface area contributed by atoms with Crippen LogP contribution in [0.3, 0.4) is 0 Å². The number of hydrogen-bond acceptors (Lipinski definition) is 4. The summed E-state index contributed by atoms with van der Waals surface area (Å²) >= 11 is 3.28. The number of halogens is 1. The quantitative estimate of drug-likeness (QED) is 0.893. The van der Waals surface area contributed by atoms with E-state index < -0.39 is 5.60 Å². The molecule has 0 aliphatic carbocycles. The fourth-order valence-corrected chi connectivity index (χ4v) is 1.65. The van der Waals surface area contributed by atoms with Crippen molar-refractivity contribution in [3.63, 3.8) is 0 Å². The lowest BCUT2D eigenvalue weighted by Gasteiger charge is -2.21. The Morgan fingerprint density at radius 1 is 1.65 bits per heavy atom. The van der Waals surface area contributed by atoms with Crippen molar-refractivity contribution in [2.24, 2.45) is 0 Å². The highest BCUT2D eigenvalue weighted by molar-refractivity contribution is 9.10. The summed E-state index contributed by atoms with van der Waals surface area (Å²) in [5.41, 5.74) is 5.60. The Kier molecular flexibility index (Phi) is 4.47. The van der Waals surface area contributed by atoms with Gasteiger partial charge in [0, 0.05) is 7.11 Å². The number of carbonyl (C=O) groups excluding carboxylic acids is 1. The van der Waals surface area contributed by atoms with Gasteiger partial charge in [0.1, 0.15) is 5.82 Å². The second-order valence-corrected chi connectivity index (χ2v) is 5.14. The number of methoxy groups -OCH3 is 1. The minimum absolute atomic E-state index is 0.158. The van der Waals surface area contributed by atoms with Crippen molar-refractivity contribution in [3.05, 3.63) is 16.7 Å². The Bertz CT molecular complexity index is 421. The van der Waals surface area contributed by atoms with Crippen LogP contribution in [0.25, 0.3) is 0 Å². The number of carbonyl (C=O) groups is 1. The van der Waals surface area contributed by atoms with E-state index >= 15 is 0 Å². The number of pyridine rings is 1. The fourth-order valence-electron chi connectivity index (χ4n) is 1.18. The molecule has 17 heavy (non-hydrogen) atoms. The third-order valence-corrected chi connectivity index (χ3v) is 2.86. The average Bonchev–Trinajstić information content (AvgIpc) is 2.21. The third kappa shape index (κ3) is 4.32. The molecule has 1 aromatic rings. The van der Waals surface area contributed by atoms with E-state index in [1.54, 1.807) is 13.2 Å². The molecule has 0 atom stereocenters. The van der Waals surface area contributed by atoms with E-state index in [1.165, 1.54) is 6.20 Å². The highest BCUT2D eigenvalue weighted by Gasteiger charge is 2.21. The Labute approximate surface area is 109 Å². The number of anilines is 2. The van der Waals surface area contributed by atoms with E-state index in [2.05, 4.69) is 26.2 Å². The van der Waals surface area contributed by atoms with E-state index in [-0.39, 0.29) is 12.3 Å². The Balaban J connectivity index is 2.69. The molecule has 0 radical (unpaired) electrons. The van der Waals surface area contributed by atoms with Crippen molar-refractivity contribution < 1.29 is 9.53 Å². The van der Waals surface area contributed by atoms with Gasteiger partial charge in [-0.05, 0) is 35.8 Å². The molecule has 0 aliphatic heterocycles. The Morgan fingerprint density at radius 2 is 2.29 bits per heavy atom. The first-order valence-corrected chi connectivity index (χ1v) is 5.89. The number of hydrogen-bond donors (Lipinski definition) is 2. The van der Waals surface area contributed by atoms with Crippen molar-refractivity contribution >= 4 is 33.3 Å². The minimum atomic E-state index is -0.496. The molecule has 1 heterocycles. The van der Waals surface area contributed by atoms with Crippen LogP contribution in [0, 0.1) is 0 Å². The largest absolute Gasteiger partial charge is 0.397 e. The van der Waals surface area contributed by atoms with E-state index in [1.807, 2.05) is 13.8 Å². The second-order valence-electron chi connectivity index (χ2n) is 4.29. The molecule has 0 saturated carbocycles. The van der Waals surface area contributed by atoms with Crippen LogP contribution in [0.1, 0.15) is 20.3 Å². The van der Waals surface area contributed by atoms with Gasteiger partial charge in [0.2, 0.25) is 5.91 Å². The van der Waals surface area contributed by atoms with Gasteiger partial charge in [0.05, 0.1) is 28.4 Å². The van der Waals surface area contributed by atoms with Crippen LogP contribution in [-0.2, 0) is 9.53 Å². The normalized spacial score (nSPS) is 11.3. The number of rotatable bonds is 4. The highest BCUT2D eigenvalue weighted by Crippen LogP contribution is 2.22. The SMILES string of the molecule is COC(C)(C)CC(=O)Nc1ncc(N)cc1Br. The molecule has 0 aliphatic rings. The molecule has 6 heteroatoms. The third-order valence-electron chi connectivity index (χ3n) is 2.26. The molecule has 0 unspecified atom stereocenters. The molecule has 1 rings (SSSR count). The predicted molar refractivity (Wildman–Crippen MR) is 70.7 cm³/mol. The average molecular weight is 302 g/mol. The first-order valence-electron chi connectivity index (χ1n) is 5.10. The van der Waals surface area contributed by atoms with Crippen molar-refractivity contribution in [2.45, 2.75) is 25.9 Å². The van der Waals surface area contributed by atoms with Crippen molar-refractivity contribution in [1.82, 2.24) is 4.98 Å². The summed E-state index contributed by atoms with van der Waals surface area (Å²) < 4.78 is 5.84. The first-order chi connectivity index (χ1) is 7.84. The summed E-state index contributed by atoms with van der Waals surface area (Å²) in [7, 11) is 1.57. The van der Waals surface area contributed by atoms with Gasteiger partial charge in [0.25, 0.3) is 0 Å². The lowest BCUT2D eigenvalue weighted by atomic mass is 10.1. The van der Waals surface area contributed by atoms with E-state index in [0.29, 0.717) is 16.0 Å². The van der Waals surface area contributed by atoms with Gasteiger partial charge in [-0.15, -0.1) is 0 Å². The highest BCUT2D eigenvalue weighted by atomic mass is 79.9. The molecule has 1 amide bonds. The maximum absolute atomic E-state index is 11.7. The van der Waals surface area contributed by atoms with Gasteiger partial charge in [-0.2, -0.15) is 0 Å². The molecule has 0 bridgehead atoms. The first kappa shape index (κ1) is 13.9. The molecule has 0 aromatic carbocycles. The predicted octanol–water partition coefficient (Wildman–Crippen LogP) is 2.18. The summed E-state index contributed by atoms with van der Waals surface area (Å²) in [5, 5.41) is 2.70. The number of nitrogens with zero attached hydrogens (tertiary/aromatic N) is 1. The zero-order chi connectivity index (χ0) is 13.1.